The van der Waals surface area contributed by atoms with Crippen LogP contribution in [0.3, 0.4) is 0 Å². The average Bonchev–Trinajstić information content (AvgIpc) is 2.19. The first-order valence-electron chi connectivity index (χ1n) is 5.05. The quantitative estimate of drug-likeness (QED) is 0.446. The zero-order valence-corrected chi connectivity index (χ0v) is 9.60. The minimum absolute atomic E-state index is 0.899. The zero-order valence-electron chi connectivity index (χ0n) is 8.79. The van der Waals surface area contributed by atoms with Gasteiger partial charge in [-0.1, -0.05) is 13.3 Å². The second-order valence-corrected chi connectivity index (χ2v) is 4.09. The molecular weight excluding hydrogens is 194 g/mol. The molecule has 4 heteroatoms. The molecule has 0 fully saturated rings. The van der Waals surface area contributed by atoms with Crippen LogP contribution in [-0.4, -0.2) is 22.3 Å². The minimum atomic E-state index is 0.899. The molecule has 0 aliphatic carbocycles. The third-order valence-corrected chi connectivity index (χ3v) is 2.76. The van der Waals surface area contributed by atoms with Crippen molar-refractivity contribution in [3.63, 3.8) is 0 Å². The molecule has 1 N–H and O–H groups in total. The molecule has 0 aromatic carbocycles. The number of hydrogen-bond acceptors (Lipinski definition) is 4. The number of aromatic nitrogens is 2. The molecule has 0 saturated carbocycles. The first-order valence-corrected chi connectivity index (χ1v) is 6.04. The first-order chi connectivity index (χ1) is 6.86. The maximum Gasteiger partial charge on any atom is 0.130 e. The van der Waals surface area contributed by atoms with Crippen LogP contribution in [0.2, 0.25) is 0 Å². The van der Waals surface area contributed by atoms with Crippen molar-refractivity contribution in [1.82, 2.24) is 9.97 Å². The van der Waals surface area contributed by atoms with Gasteiger partial charge in [0.2, 0.25) is 0 Å². The lowest BCUT2D eigenvalue weighted by Crippen LogP contribution is -1.99. The lowest BCUT2D eigenvalue weighted by molar-refractivity contribution is 0.893. The zero-order chi connectivity index (χ0) is 10.2. The summed E-state index contributed by atoms with van der Waals surface area (Å²) in [6.45, 7) is 5.16. The molecule has 0 spiro atoms. The van der Waals surface area contributed by atoms with Gasteiger partial charge in [0, 0.05) is 12.6 Å². The van der Waals surface area contributed by atoms with Gasteiger partial charge in [0.25, 0.3) is 0 Å². The van der Waals surface area contributed by atoms with Crippen molar-refractivity contribution in [3.8, 4) is 0 Å². The molecule has 1 aromatic rings. The van der Waals surface area contributed by atoms with E-state index in [1.165, 1.54) is 12.8 Å². The van der Waals surface area contributed by atoms with E-state index in [1.807, 2.05) is 6.07 Å². The number of hydrogen-bond donors (Lipinski definition) is 1. The van der Waals surface area contributed by atoms with Crippen LogP contribution < -0.4 is 5.32 Å². The van der Waals surface area contributed by atoms with Gasteiger partial charge in [-0.05, 0) is 19.1 Å². The van der Waals surface area contributed by atoms with Crippen LogP contribution in [0.5, 0.6) is 0 Å². The maximum atomic E-state index is 4.21. The van der Waals surface area contributed by atoms with Gasteiger partial charge in [-0.3, -0.25) is 0 Å². The van der Waals surface area contributed by atoms with Crippen molar-refractivity contribution in [2.75, 3.05) is 17.6 Å². The fraction of sp³-hybridized carbons (Fsp3) is 0.600. The Morgan fingerprint density at radius 2 is 2.21 bits per heavy atom. The second kappa shape index (κ2) is 6.65. The number of anilines is 1. The molecule has 0 aliphatic heterocycles. The number of thioether (sulfide) groups is 1. The lowest BCUT2D eigenvalue weighted by Gasteiger charge is -2.03. The molecule has 1 rings (SSSR count). The van der Waals surface area contributed by atoms with Crippen LogP contribution >= 0.6 is 11.8 Å². The summed E-state index contributed by atoms with van der Waals surface area (Å²) in [5.41, 5.74) is 0. The molecule has 0 saturated heterocycles. The van der Waals surface area contributed by atoms with Crippen LogP contribution in [0, 0.1) is 0 Å². The molecule has 0 aliphatic rings. The number of rotatable bonds is 6. The van der Waals surface area contributed by atoms with Gasteiger partial charge in [0.05, 0.1) is 0 Å². The van der Waals surface area contributed by atoms with Gasteiger partial charge in [-0.2, -0.15) is 0 Å². The third kappa shape index (κ3) is 3.96. The van der Waals surface area contributed by atoms with Crippen molar-refractivity contribution >= 4 is 17.6 Å². The van der Waals surface area contributed by atoms with Gasteiger partial charge in [0.1, 0.15) is 17.2 Å². The van der Waals surface area contributed by atoms with Crippen molar-refractivity contribution in [3.05, 3.63) is 12.4 Å². The van der Waals surface area contributed by atoms with E-state index in [-0.39, 0.29) is 0 Å². The Morgan fingerprint density at radius 1 is 1.36 bits per heavy atom. The molecule has 0 amide bonds. The Bertz CT molecular complexity index is 265. The Balaban J connectivity index is 2.46. The van der Waals surface area contributed by atoms with Gasteiger partial charge in [0.15, 0.2) is 0 Å². The highest BCUT2D eigenvalue weighted by Crippen LogP contribution is 2.18. The Kier molecular flexibility index (Phi) is 5.37. The van der Waals surface area contributed by atoms with Crippen molar-refractivity contribution < 1.29 is 0 Å². The van der Waals surface area contributed by atoms with Gasteiger partial charge in [-0.25, -0.2) is 9.97 Å². The summed E-state index contributed by atoms with van der Waals surface area (Å²) in [6.07, 6.45) is 4.09. The normalized spacial score (nSPS) is 10.1. The van der Waals surface area contributed by atoms with Crippen LogP contribution in [-0.2, 0) is 0 Å². The van der Waals surface area contributed by atoms with E-state index in [2.05, 4.69) is 29.1 Å². The lowest BCUT2D eigenvalue weighted by atomic mass is 10.4. The topological polar surface area (TPSA) is 37.8 Å². The van der Waals surface area contributed by atoms with E-state index < -0.39 is 0 Å². The molecule has 1 aromatic heterocycles. The van der Waals surface area contributed by atoms with E-state index in [9.17, 15) is 0 Å². The summed E-state index contributed by atoms with van der Waals surface area (Å²) in [5, 5.41) is 4.23. The summed E-state index contributed by atoms with van der Waals surface area (Å²) >= 11 is 1.79. The monoisotopic (exact) mass is 211 g/mol. The molecule has 0 unspecified atom stereocenters. The van der Waals surface area contributed by atoms with E-state index in [0.29, 0.717) is 0 Å². The van der Waals surface area contributed by atoms with Crippen LogP contribution in [0.25, 0.3) is 0 Å². The van der Waals surface area contributed by atoms with E-state index >= 15 is 0 Å². The van der Waals surface area contributed by atoms with Crippen LogP contribution in [0.15, 0.2) is 17.4 Å². The Labute approximate surface area is 89.7 Å². The first kappa shape index (κ1) is 11.3. The third-order valence-electron chi connectivity index (χ3n) is 1.75. The molecule has 3 nitrogen and oxygen atoms in total. The van der Waals surface area contributed by atoms with Gasteiger partial charge < -0.3 is 5.32 Å². The molecule has 14 heavy (non-hydrogen) atoms. The molecule has 78 valence electrons. The molecule has 0 radical (unpaired) electrons. The highest BCUT2D eigenvalue weighted by atomic mass is 32.2. The number of unbranched alkanes of at least 4 members (excludes halogenated alkanes) is 1. The highest BCUT2D eigenvalue weighted by molar-refractivity contribution is 7.99. The number of nitrogens with one attached hydrogen (secondary N) is 1. The summed E-state index contributed by atoms with van der Waals surface area (Å²) in [4.78, 5) is 8.33. The molecule has 1 heterocycles. The predicted molar refractivity (Wildman–Crippen MR) is 61.8 cm³/mol. The molecular formula is C10H17N3S. The fourth-order valence-corrected chi connectivity index (χ4v) is 1.98. The SMILES string of the molecule is CCCCSc1cc(NCC)ncn1. The highest BCUT2D eigenvalue weighted by Gasteiger charge is 1.97. The Morgan fingerprint density at radius 3 is 2.93 bits per heavy atom. The standard InChI is InChI=1S/C10H17N3S/c1-3-5-6-14-10-7-9(11-4-2)12-8-13-10/h7-8H,3-6H2,1-2H3,(H,11,12,13). The average molecular weight is 211 g/mol. The van der Waals surface area contributed by atoms with Crippen molar-refractivity contribution in [2.45, 2.75) is 31.7 Å². The largest absolute Gasteiger partial charge is 0.370 e. The minimum Gasteiger partial charge on any atom is -0.370 e. The Hall–Kier alpha value is -0.770. The molecule has 0 atom stereocenters. The summed E-state index contributed by atoms with van der Waals surface area (Å²) in [5.74, 6) is 2.06. The van der Waals surface area contributed by atoms with E-state index in [0.717, 1.165) is 23.1 Å². The summed E-state index contributed by atoms with van der Waals surface area (Å²) in [6, 6.07) is 2.00. The van der Waals surface area contributed by atoms with Gasteiger partial charge >= 0.3 is 0 Å². The van der Waals surface area contributed by atoms with Gasteiger partial charge in [-0.15, -0.1) is 11.8 Å². The van der Waals surface area contributed by atoms with Crippen LogP contribution in [0.1, 0.15) is 26.7 Å². The van der Waals surface area contributed by atoms with Crippen LogP contribution in [0.4, 0.5) is 5.82 Å². The molecule has 0 bridgehead atoms. The van der Waals surface area contributed by atoms with Crippen molar-refractivity contribution in [1.29, 1.82) is 0 Å². The summed E-state index contributed by atoms with van der Waals surface area (Å²) in [7, 11) is 0. The van der Waals surface area contributed by atoms with E-state index in [1.54, 1.807) is 18.1 Å². The fourth-order valence-electron chi connectivity index (χ4n) is 1.02. The smallest absolute Gasteiger partial charge is 0.130 e. The maximum absolute atomic E-state index is 4.21. The predicted octanol–water partition coefficient (Wildman–Crippen LogP) is 2.80. The van der Waals surface area contributed by atoms with E-state index in [4.69, 9.17) is 0 Å². The summed E-state index contributed by atoms with van der Waals surface area (Å²) < 4.78 is 0. The van der Waals surface area contributed by atoms with Crippen molar-refractivity contribution in [2.24, 2.45) is 0 Å². The second-order valence-electron chi connectivity index (χ2n) is 2.97. The number of nitrogens with zero attached hydrogens (tertiary/aromatic N) is 2.